The van der Waals surface area contributed by atoms with Gasteiger partial charge in [-0.1, -0.05) is 11.6 Å². The first kappa shape index (κ1) is 12.5. The second-order valence-corrected chi connectivity index (χ2v) is 3.62. The highest BCUT2D eigenvalue weighted by Gasteiger charge is 2.33. The lowest BCUT2D eigenvalue weighted by atomic mass is 10.2. The van der Waals surface area contributed by atoms with E-state index in [4.69, 9.17) is 17.3 Å². The van der Waals surface area contributed by atoms with Crippen LogP contribution in [0.3, 0.4) is 0 Å². The molecule has 0 fully saturated rings. The molecule has 3 nitrogen and oxygen atoms in total. The summed E-state index contributed by atoms with van der Waals surface area (Å²) < 4.78 is 39.8. The van der Waals surface area contributed by atoms with Gasteiger partial charge in [0.05, 0.1) is 4.47 Å². The normalized spacial score (nSPS) is 11.6. The van der Waals surface area contributed by atoms with E-state index in [1.807, 2.05) is 0 Å². The van der Waals surface area contributed by atoms with Crippen LogP contribution in [0.2, 0.25) is 5.15 Å². The van der Waals surface area contributed by atoms with E-state index >= 15 is 0 Å². The first-order valence-corrected chi connectivity index (χ1v) is 4.81. The minimum atomic E-state index is -4.79. The maximum atomic E-state index is 12.0. The molecular formula is C7H5BrClF3N2O. The number of aromatic nitrogens is 1. The molecule has 15 heavy (non-hydrogen) atoms. The Labute approximate surface area is 96.5 Å². The molecule has 8 heteroatoms. The molecule has 1 rings (SSSR count). The number of alkyl halides is 3. The third kappa shape index (κ3) is 3.22. The molecule has 0 saturated heterocycles. The number of nitrogens with zero attached hydrogens (tertiary/aromatic N) is 1. The Morgan fingerprint density at radius 2 is 2.13 bits per heavy atom. The summed E-state index contributed by atoms with van der Waals surface area (Å²) in [5, 5.41) is -0.119. The van der Waals surface area contributed by atoms with E-state index in [1.165, 1.54) is 0 Å². The molecule has 0 spiro atoms. The van der Waals surface area contributed by atoms with E-state index in [1.54, 1.807) is 0 Å². The van der Waals surface area contributed by atoms with Crippen LogP contribution in [0.4, 0.5) is 13.2 Å². The fourth-order valence-electron chi connectivity index (χ4n) is 0.856. The zero-order valence-electron chi connectivity index (χ0n) is 7.11. The summed E-state index contributed by atoms with van der Waals surface area (Å²) in [5.74, 6) is -0.454. The predicted octanol–water partition coefficient (Wildman–Crippen LogP) is 2.85. The highest BCUT2D eigenvalue weighted by Crippen LogP contribution is 2.36. The molecule has 2 N–H and O–H groups in total. The average molecular weight is 305 g/mol. The second-order valence-electron chi connectivity index (χ2n) is 2.47. The molecule has 0 bridgehead atoms. The molecule has 0 saturated carbocycles. The highest BCUT2D eigenvalue weighted by molar-refractivity contribution is 9.10. The van der Waals surface area contributed by atoms with Gasteiger partial charge in [-0.15, -0.1) is 13.2 Å². The first-order valence-electron chi connectivity index (χ1n) is 3.64. The summed E-state index contributed by atoms with van der Waals surface area (Å²) in [6.07, 6.45) is -3.66. The van der Waals surface area contributed by atoms with Crippen molar-refractivity contribution in [1.29, 1.82) is 0 Å². The molecular weight excluding hydrogens is 300 g/mol. The summed E-state index contributed by atoms with van der Waals surface area (Å²) in [5.41, 5.74) is 5.35. The molecule has 0 unspecified atom stereocenters. The molecule has 0 aliphatic heterocycles. The summed E-state index contributed by atoms with van der Waals surface area (Å²) in [7, 11) is 0. The lowest BCUT2D eigenvalue weighted by Crippen LogP contribution is -2.19. The molecule has 0 aromatic carbocycles. The highest BCUT2D eigenvalue weighted by atomic mass is 79.9. The Balaban J connectivity index is 3.18. The maximum absolute atomic E-state index is 12.0. The smallest absolute Gasteiger partial charge is 0.404 e. The van der Waals surface area contributed by atoms with Crippen LogP contribution in [-0.2, 0) is 6.54 Å². The Hall–Kier alpha value is -0.530. The fourth-order valence-corrected chi connectivity index (χ4v) is 1.43. The third-order valence-corrected chi connectivity index (χ3v) is 2.69. The minimum Gasteiger partial charge on any atom is -0.404 e. The van der Waals surface area contributed by atoms with E-state index in [0.717, 1.165) is 6.20 Å². The van der Waals surface area contributed by atoms with E-state index < -0.39 is 12.1 Å². The molecule has 84 valence electrons. The van der Waals surface area contributed by atoms with Gasteiger partial charge in [-0.2, -0.15) is 0 Å². The van der Waals surface area contributed by atoms with E-state index in [2.05, 4.69) is 25.7 Å². The van der Waals surface area contributed by atoms with Gasteiger partial charge < -0.3 is 10.5 Å². The monoisotopic (exact) mass is 304 g/mol. The van der Waals surface area contributed by atoms with Crippen LogP contribution in [0, 0.1) is 0 Å². The number of halogens is 5. The van der Waals surface area contributed by atoms with Gasteiger partial charge >= 0.3 is 6.36 Å². The van der Waals surface area contributed by atoms with Gasteiger partial charge in [-0.3, -0.25) is 0 Å². The van der Waals surface area contributed by atoms with Crippen molar-refractivity contribution in [3.63, 3.8) is 0 Å². The van der Waals surface area contributed by atoms with Gasteiger partial charge in [0.25, 0.3) is 0 Å². The van der Waals surface area contributed by atoms with Crippen molar-refractivity contribution >= 4 is 27.5 Å². The Morgan fingerprint density at radius 1 is 1.53 bits per heavy atom. The maximum Gasteiger partial charge on any atom is 0.573 e. The first-order chi connectivity index (χ1) is 6.85. The van der Waals surface area contributed by atoms with Gasteiger partial charge in [0.1, 0.15) is 5.15 Å². The SMILES string of the molecule is NCc1cnc(Cl)c(Br)c1OC(F)(F)F. The van der Waals surface area contributed by atoms with Crippen molar-refractivity contribution in [3.8, 4) is 5.75 Å². The van der Waals surface area contributed by atoms with Crippen molar-refractivity contribution in [2.45, 2.75) is 12.9 Å². The lowest BCUT2D eigenvalue weighted by molar-refractivity contribution is -0.275. The zero-order chi connectivity index (χ0) is 11.6. The van der Waals surface area contributed by atoms with Crippen LogP contribution < -0.4 is 10.5 Å². The Kier molecular flexibility index (Phi) is 3.80. The average Bonchev–Trinajstić information content (AvgIpc) is 2.11. The summed E-state index contributed by atoms with van der Waals surface area (Å²) in [6.45, 7) is -0.131. The van der Waals surface area contributed by atoms with Gasteiger partial charge in [0.15, 0.2) is 5.75 Å². The van der Waals surface area contributed by atoms with Crippen LogP contribution in [0.1, 0.15) is 5.56 Å². The quantitative estimate of drug-likeness (QED) is 0.855. The number of pyridine rings is 1. The van der Waals surface area contributed by atoms with Crippen LogP contribution in [-0.4, -0.2) is 11.3 Å². The van der Waals surface area contributed by atoms with Crippen LogP contribution in [0.15, 0.2) is 10.7 Å². The number of nitrogens with two attached hydrogens (primary N) is 1. The Bertz CT molecular complexity index is 372. The molecule has 1 aromatic heterocycles. The van der Waals surface area contributed by atoms with Crippen molar-refractivity contribution in [2.24, 2.45) is 5.73 Å². The van der Waals surface area contributed by atoms with Gasteiger partial charge in [0.2, 0.25) is 0 Å². The standard InChI is InChI=1S/C7H5BrClF3N2O/c8-4-5(15-7(10,11)12)3(1-13)2-14-6(4)9/h2H,1,13H2. The molecule has 0 aliphatic carbocycles. The summed E-state index contributed by atoms with van der Waals surface area (Å²) in [4.78, 5) is 3.63. The van der Waals surface area contributed by atoms with Crippen molar-refractivity contribution in [2.75, 3.05) is 0 Å². The molecule has 0 aliphatic rings. The lowest BCUT2D eigenvalue weighted by Gasteiger charge is -2.14. The number of rotatable bonds is 2. The molecule has 0 amide bonds. The number of hydrogen-bond donors (Lipinski definition) is 1. The van der Waals surface area contributed by atoms with Crippen LogP contribution >= 0.6 is 27.5 Å². The molecule has 0 radical (unpaired) electrons. The van der Waals surface area contributed by atoms with E-state index in [0.29, 0.717) is 0 Å². The topological polar surface area (TPSA) is 48.1 Å². The van der Waals surface area contributed by atoms with Crippen LogP contribution in [0.25, 0.3) is 0 Å². The summed E-state index contributed by atoms with van der Waals surface area (Å²) in [6, 6.07) is 0. The fraction of sp³-hybridized carbons (Fsp3) is 0.286. The summed E-state index contributed by atoms with van der Waals surface area (Å²) >= 11 is 8.37. The van der Waals surface area contributed by atoms with Gasteiger partial charge in [0, 0.05) is 18.3 Å². The van der Waals surface area contributed by atoms with Crippen molar-refractivity contribution < 1.29 is 17.9 Å². The second kappa shape index (κ2) is 4.54. The van der Waals surface area contributed by atoms with Crippen LogP contribution in [0.5, 0.6) is 5.75 Å². The number of hydrogen-bond acceptors (Lipinski definition) is 3. The van der Waals surface area contributed by atoms with Gasteiger partial charge in [-0.05, 0) is 15.9 Å². The molecule has 1 heterocycles. The zero-order valence-corrected chi connectivity index (χ0v) is 9.45. The van der Waals surface area contributed by atoms with E-state index in [-0.39, 0.29) is 21.7 Å². The van der Waals surface area contributed by atoms with Gasteiger partial charge in [-0.25, -0.2) is 4.98 Å². The molecule has 1 aromatic rings. The van der Waals surface area contributed by atoms with Crippen molar-refractivity contribution in [1.82, 2.24) is 4.98 Å². The number of ether oxygens (including phenoxy) is 1. The molecule has 0 atom stereocenters. The predicted molar refractivity (Wildman–Crippen MR) is 51.5 cm³/mol. The minimum absolute atomic E-state index is 0.0653. The van der Waals surface area contributed by atoms with E-state index in [9.17, 15) is 13.2 Å². The van der Waals surface area contributed by atoms with Crippen molar-refractivity contribution in [3.05, 3.63) is 21.4 Å². The Morgan fingerprint density at radius 3 is 2.60 bits per heavy atom. The third-order valence-electron chi connectivity index (χ3n) is 1.44. The largest absolute Gasteiger partial charge is 0.573 e.